The van der Waals surface area contributed by atoms with Crippen molar-refractivity contribution in [2.75, 3.05) is 0 Å². The maximum Gasteiger partial charge on any atom is 0.269 e. The van der Waals surface area contributed by atoms with Gasteiger partial charge in [0.2, 0.25) is 17.6 Å². The Hall–Kier alpha value is -3.55. The van der Waals surface area contributed by atoms with Crippen LogP contribution in [0.1, 0.15) is 28.2 Å². The first-order chi connectivity index (χ1) is 13.0. The lowest BCUT2D eigenvalue weighted by molar-refractivity contribution is -0.121. The minimum absolute atomic E-state index is 0.0406. The van der Waals surface area contributed by atoms with Crippen LogP contribution in [0.5, 0.6) is 0 Å². The van der Waals surface area contributed by atoms with Gasteiger partial charge >= 0.3 is 0 Å². The van der Waals surface area contributed by atoms with Gasteiger partial charge in [-0.25, -0.2) is 4.39 Å². The summed E-state index contributed by atoms with van der Waals surface area (Å²) in [5.74, 6) is -0.671. The van der Waals surface area contributed by atoms with Gasteiger partial charge in [-0.2, -0.15) is 4.98 Å². The van der Waals surface area contributed by atoms with Gasteiger partial charge in [0, 0.05) is 24.0 Å². The van der Waals surface area contributed by atoms with Crippen molar-refractivity contribution >= 4 is 11.8 Å². The number of amides is 2. The SMILES string of the molecule is Cc1ccc(-c2noc(CCC(=O)NNC(=O)c3ccccc3)n2)cc1F. The lowest BCUT2D eigenvalue weighted by Gasteiger charge is -2.06. The molecule has 0 saturated carbocycles. The Kier molecular flexibility index (Phi) is 5.55. The van der Waals surface area contributed by atoms with E-state index in [9.17, 15) is 14.0 Å². The third kappa shape index (κ3) is 4.75. The molecule has 1 aromatic heterocycles. The molecule has 2 N–H and O–H groups in total. The van der Waals surface area contributed by atoms with Crippen molar-refractivity contribution in [1.29, 1.82) is 0 Å². The van der Waals surface area contributed by atoms with Crippen molar-refractivity contribution in [1.82, 2.24) is 21.0 Å². The topological polar surface area (TPSA) is 97.1 Å². The van der Waals surface area contributed by atoms with Gasteiger partial charge in [0.1, 0.15) is 5.82 Å². The summed E-state index contributed by atoms with van der Waals surface area (Å²) in [6.07, 6.45) is 0.230. The minimum atomic E-state index is -0.412. The van der Waals surface area contributed by atoms with Crippen LogP contribution >= 0.6 is 0 Å². The second kappa shape index (κ2) is 8.22. The van der Waals surface area contributed by atoms with Crippen LogP contribution in [0.4, 0.5) is 4.39 Å². The van der Waals surface area contributed by atoms with Gasteiger partial charge in [0.15, 0.2) is 0 Å². The summed E-state index contributed by atoms with van der Waals surface area (Å²) >= 11 is 0. The highest BCUT2D eigenvalue weighted by Gasteiger charge is 2.12. The molecule has 0 unspecified atom stereocenters. The zero-order valence-corrected chi connectivity index (χ0v) is 14.5. The number of carbonyl (C=O) groups excluding carboxylic acids is 2. The Morgan fingerprint density at radius 3 is 2.63 bits per heavy atom. The van der Waals surface area contributed by atoms with Gasteiger partial charge in [-0.15, -0.1) is 0 Å². The normalized spacial score (nSPS) is 10.4. The van der Waals surface area contributed by atoms with Crippen LogP contribution in [0, 0.1) is 12.7 Å². The third-order valence-electron chi connectivity index (χ3n) is 3.82. The molecule has 2 aromatic carbocycles. The molecule has 7 nitrogen and oxygen atoms in total. The zero-order valence-electron chi connectivity index (χ0n) is 14.5. The number of hydrazine groups is 1. The lowest BCUT2D eigenvalue weighted by Crippen LogP contribution is -2.41. The third-order valence-corrected chi connectivity index (χ3v) is 3.82. The van der Waals surface area contributed by atoms with E-state index in [1.807, 2.05) is 0 Å². The van der Waals surface area contributed by atoms with Crippen LogP contribution in [0.15, 0.2) is 53.1 Å². The molecule has 8 heteroatoms. The van der Waals surface area contributed by atoms with E-state index in [4.69, 9.17) is 4.52 Å². The molecule has 2 amide bonds. The van der Waals surface area contributed by atoms with E-state index in [-0.39, 0.29) is 30.4 Å². The number of benzene rings is 2. The smallest absolute Gasteiger partial charge is 0.269 e. The number of aromatic nitrogens is 2. The van der Waals surface area contributed by atoms with Gasteiger partial charge in [0.25, 0.3) is 5.91 Å². The molecular weight excluding hydrogens is 351 g/mol. The molecule has 3 aromatic rings. The summed E-state index contributed by atoms with van der Waals surface area (Å²) in [4.78, 5) is 27.8. The number of halogens is 1. The number of carbonyl (C=O) groups is 2. The fourth-order valence-corrected chi connectivity index (χ4v) is 2.28. The molecule has 138 valence electrons. The van der Waals surface area contributed by atoms with E-state index in [1.165, 1.54) is 6.07 Å². The van der Waals surface area contributed by atoms with E-state index >= 15 is 0 Å². The molecule has 27 heavy (non-hydrogen) atoms. The predicted octanol–water partition coefficient (Wildman–Crippen LogP) is 2.58. The molecule has 0 aliphatic heterocycles. The number of nitrogens with zero attached hydrogens (tertiary/aromatic N) is 2. The monoisotopic (exact) mass is 368 g/mol. The highest BCUT2D eigenvalue weighted by Crippen LogP contribution is 2.19. The fraction of sp³-hybridized carbons (Fsp3) is 0.158. The van der Waals surface area contributed by atoms with Crippen molar-refractivity contribution in [3.63, 3.8) is 0 Å². The molecule has 1 heterocycles. The molecule has 0 bridgehead atoms. The minimum Gasteiger partial charge on any atom is -0.339 e. The van der Waals surface area contributed by atoms with E-state index < -0.39 is 11.8 Å². The molecule has 0 aliphatic carbocycles. The molecule has 0 aliphatic rings. The van der Waals surface area contributed by atoms with Gasteiger partial charge in [0.05, 0.1) is 0 Å². The Bertz CT molecular complexity index is 957. The van der Waals surface area contributed by atoms with Crippen molar-refractivity contribution in [2.24, 2.45) is 0 Å². The first-order valence-electron chi connectivity index (χ1n) is 8.26. The van der Waals surface area contributed by atoms with Gasteiger partial charge < -0.3 is 4.52 Å². The molecule has 3 rings (SSSR count). The number of hydrogen-bond acceptors (Lipinski definition) is 5. The number of nitrogens with one attached hydrogen (secondary N) is 2. The molecule has 0 atom stereocenters. The molecule has 0 saturated heterocycles. The van der Waals surface area contributed by atoms with Crippen LogP contribution in [0.25, 0.3) is 11.4 Å². The first-order valence-corrected chi connectivity index (χ1v) is 8.26. The van der Waals surface area contributed by atoms with Crippen LogP contribution in [-0.4, -0.2) is 22.0 Å². The highest BCUT2D eigenvalue weighted by molar-refractivity contribution is 5.95. The summed E-state index contributed by atoms with van der Waals surface area (Å²) in [7, 11) is 0. The molecule has 0 fully saturated rings. The first kappa shape index (κ1) is 18.2. The van der Waals surface area contributed by atoms with E-state index in [2.05, 4.69) is 21.0 Å². The Morgan fingerprint density at radius 1 is 1.11 bits per heavy atom. The maximum atomic E-state index is 13.6. The van der Waals surface area contributed by atoms with E-state index in [0.29, 0.717) is 16.7 Å². The molecule has 0 spiro atoms. The summed E-state index contributed by atoms with van der Waals surface area (Å²) < 4.78 is 18.7. The van der Waals surface area contributed by atoms with Gasteiger partial charge in [-0.1, -0.05) is 35.5 Å². The number of aryl methyl sites for hydroxylation is 2. The zero-order chi connectivity index (χ0) is 19.2. The van der Waals surface area contributed by atoms with E-state index in [1.54, 1.807) is 49.4 Å². The van der Waals surface area contributed by atoms with Crippen LogP contribution in [-0.2, 0) is 11.2 Å². The van der Waals surface area contributed by atoms with Crippen LogP contribution < -0.4 is 10.9 Å². The average Bonchev–Trinajstić information content (AvgIpc) is 3.16. The quantitative estimate of drug-likeness (QED) is 0.675. The Morgan fingerprint density at radius 2 is 1.89 bits per heavy atom. The second-order valence-electron chi connectivity index (χ2n) is 5.84. The summed E-state index contributed by atoms with van der Waals surface area (Å²) in [6, 6.07) is 13.2. The fourth-order valence-electron chi connectivity index (χ4n) is 2.28. The molecule has 0 radical (unpaired) electrons. The molecular formula is C19H17FN4O3. The van der Waals surface area contributed by atoms with Crippen molar-refractivity contribution in [3.05, 3.63) is 71.4 Å². The Balaban J connectivity index is 1.50. The predicted molar refractivity (Wildman–Crippen MR) is 94.8 cm³/mol. The van der Waals surface area contributed by atoms with Gasteiger partial charge in [-0.3, -0.25) is 20.4 Å². The summed E-state index contributed by atoms with van der Waals surface area (Å²) in [6.45, 7) is 1.66. The second-order valence-corrected chi connectivity index (χ2v) is 5.84. The highest BCUT2D eigenvalue weighted by atomic mass is 19.1. The van der Waals surface area contributed by atoms with Crippen LogP contribution in [0.2, 0.25) is 0 Å². The number of rotatable bonds is 5. The average molecular weight is 368 g/mol. The summed E-state index contributed by atoms with van der Waals surface area (Å²) in [5, 5.41) is 3.79. The van der Waals surface area contributed by atoms with E-state index in [0.717, 1.165) is 0 Å². The summed E-state index contributed by atoms with van der Waals surface area (Å²) in [5.41, 5.74) is 6.11. The van der Waals surface area contributed by atoms with Crippen molar-refractivity contribution < 1.29 is 18.5 Å². The Labute approximate surface area is 154 Å². The number of hydrogen-bond donors (Lipinski definition) is 2. The van der Waals surface area contributed by atoms with Crippen LogP contribution in [0.3, 0.4) is 0 Å². The van der Waals surface area contributed by atoms with Crippen molar-refractivity contribution in [3.8, 4) is 11.4 Å². The van der Waals surface area contributed by atoms with Gasteiger partial charge in [-0.05, 0) is 30.7 Å². The maximum absolute atomic E-state index is 13.6. The standard InChI is InChI=1S/C19H17FN4O3/c1-12-7-8-14(11-15(12)20)18-21-17(27-24-18)10-9-16(25)22-23-19(26)13-5-3-2-4-6-13/h2-8,11H,9-10H2,1H3,(H,22,25)(H,23,26). The van der Waals surface area contributed by atoms with Crippen molar-refractivity contribution in [2.45, 2.75) is 19.8 Å². The largest absolute Gasteiger partial charge is 0.339 e. The lowest BCUT2D eigenvalue weighted by atomic mass is 10.1.